The molecule has 0 saturated carbocycles. The van der Waals surface area contributed by atoms with Crippen LogP contribution in [0.5, 0.6) is 0 Å². The molecule has 1 amide bonds. The van der Waals surface area contributed by atoms with Gasteiger partial charge in [0, 0.05) is 29.9 Å². The minimum absolute atomic E-state index is 0.0858. The minimum Gasteiger partial charge on any atom is -0.460 e. The van der Waals surface area contributed by atoms with Crippen molar-refractivity contribution in [2.75, 3.05) is 32.1 Å². The molecule has 0 radical (unpaired) electrons. The van der Waals surface area contributed by atoms with Gasteiger partial charge in [0.25, 0.3) is 5.91 Å². The van der Waals surface area contributed by atoms with E-state index in [0.717, 1.165) is 15.8 Å². The summed E-state index contributed by atoms with van der Waals surface area (Å²) in [5.74, 6) is -0.693. The van der Waals surface area contributed by atoms with Crippen molar-refractivity contribution in [1.29, 1.82) is 0 Å². The summed E-state index contributed by atoms with van der Waals surface area (Å²) in [6, 6.07) is 14.7. The van der Waals surface area contributed by atoms with Gasteiger partial charge in [-0.1, -0.05) is 29.8 Å². The molecule has 0 aliphatic carbocycles. The average Bonchev–Trinajstić information content (AvgIpc) is 3.02. The number of nitrogens with zero attached hydrogens (tertiary/aromatic N) is 1. The fourth-order valence-electron chi connectivity index (χ4n) is 2.53. The van der Waals surface area contributed by atoms with Gasteiger partial charge < -0.3 is 15.0 Å². The Balaban J connectivity index is 1.51. The maximum absolute atomic E-state index is 12.3. The zero-order valence-corrected chi connectivity index (χ0v) is 16.6. The molecular weight excluding hydrogens is 384 g/mol. The lowest BCUT2D eigenvalue weighted by atomic mass is 10.2. The second-order valence-electron chi connectivity index (χ2n) is 6.07. The number of hydrogen-bond donors (Lipinski definition) is 1. The Morgan fingerprint density at radius 2 is 1.81 bits per heavy atom. The van der Waals surface area contributed by atoms with Crippen LogP contribution in [0.25, 0.3) is 10.1 Å². The van der Waals surface area contributed by atoms with Gasteiger partial charge in [-0.15, -0.1) is 11.3 Å². The zero-order chi connectivity index (χ0) is 19.4. The molecule has 3 aromatic rings. The number of carbonyl (C=O) groups excluding carboxylic acids is 2. The first-order valence-electron chi connectivity index (χ1n) is 8.37. The number of carbonyl (C=O) groups is 2. The second-order valence-corrected chi connectivity index (χ2v) is 7.50. The Bertz CT molecular complexity index is 967. The lowest BCUT2D eigenvalue weighted by Crippen LogP contribution is -2.27. The van der Waals surface area contributed by atoms with Gasteiger partial charge >= 0.3 is 5.97 Å². The quantitative estimate of drug-likeness (QED) is 0.495. The summed E-state index contributed by atoms with van der Waals surface area (Å²) in [5.41, 5.74) is 1.47. The van der Waals surface area contributed by atoms with Crippen molar-refractivity contribution in [1.82, 2.24) is 5.32 Å². The monoisotopic (exact) mass is 402 g/mol. The number of esters is 1. The predicted molar refractivity (Wildman–Crippen MR) is 110 cm³/mol. The third-order valence-electron chi connectivity index (χ3n) is 3.98. The summed E-state index contributed by atoms with van der Waals surface area (Å²) in [6.45, 7) is 0.299. The fraction of sp³-hybridized carbons (Fsp3) is 0.200. The SMILES string of the molecule is CN(C)c1ccc(C(=O)OCCNC(=O)c2sc3ccccc3c2Cl)cc1. The Kier molecular flexibility index (Phi) is 5.98. The molecule has 3 rings (SSSR count). The van der Waals surface area contributed by atoms with Gasteiger partial charge in [-0.05, 0) is 30.3 Å². The fourth-order valence-corrected chi connectivity index (χ4v) is 3.96. The van der Waals surface area contributed by atoms with Crippen LogP contribution in [0.2, 0.25) is 5.02 Å². The number of anilines is 1. The van der Waals surface area contributed by atoms with Crippen LogP contribution >= 0.6 is 22.9 Å². The summed E-state index contributed by atoms with van der Waals surface area (Å²) in [6.07, 6.45) is 0. The number of amides is 1. The molecule has 0 fully saturated rings. The number of nitrogens with one attached hydrogen (secondary N) is 1. The molecule has 2 aromatic carbocycles. The van der Waals surface area contributed by atoms with Crippen LogP contribution in [0, 0.1) is 0 Å². The molecule has 0 bridgehead atoms. The second kappa shape index (κ2) is 8.41. The predicted octanol–water partition coefficient (Wildman–Crippen LogP) is 4.21. The minimum atomic E-state index is -0.422. The van der Waals surface area contributed by atoms with Crippen molar-refractivity contribution in [3.05, 3.63) is 64.0 Å². The summed E-state index contributed by atoms with van der Waals surface area (Å²) < 4.78 is 6.17. The van der Waals surface area contributed by atoms with Crippen LogP contribution in [0.4, 0.5) is 5.69 Å². The van der Waals surface area contributed by atoms with E-state index in [1.54, 1.807) is 12.1 Å². The van der Waals surface area contributed by atoms with Gasteiger partial charge in [-0.2, -0.15) is 0 Å². The molecular formula is C20H19ClN2O3S. The average molecular weight is 403 g/mol. The van der Waals surface area contributed by atoms with Crippen LogP contribution in [0.1, 0.15) is 20.0 Å². The summed E-state index contributed by atoms with van der Waals surface area (Å²) in [5, 5.41) is 4.05. The van der Waals surface area contributed by atoms with E-state index in [2.05, 4.69) is 5.32 Å². The molecule has 140 valence electrons. The smallest absolute Gasteiger partial charge is 0.338 e. The number of benzene rings is 2. The highest BCUT2D eigenvalue weighted by molar-refractivity contribution is 7.21. The van der Waals surface area contributed by atoms with E-state index in [4.69, 9.17) is 16.3 Å². The highest BCUT2D eigenvalue weighted by atomic mass is 35.5. The number of halogens is 1. The lowest BCUT2D eigenvalue weighted by molar-refractivity contribution is 0.0503. The van der Waals surface area contributed by atoms with Gasteiger partial charge in [0.2, 0.25) is 0 Å². The van der Waals surface area contributed by atoms with E-state index in [1.165, 1.54) is 11.3 Å². The Morgan fingerprint density at radius 3 is 2.48 bits per heavy atom. The molecule has 0 atom stereocenters. The first-order valence-corrected chi connectivity index (χ1v) is 9.56. The van der Waals surface area contributed by atoms with Crippen LogP contribution in [0.3, 0.4) is 0 Å². The Labute approximate surface area is 166 Å². The first kappa shape index (κ1) is 19.2. The molecule has 0 unspecified atom stereocenters. The van der Waals surface area contributed by atoms with Crippen molar-refractivity contribution < 1.29 is 14.3 Å². The van der Waals surface area contributed by atoms with E-state index < -0.39 is 5.97 Å². The molecule has 27 heavy (non-hydrogen) atoms. The number of fused-ring (bicyclic) bond motifs is 1. The van der Waals surface area contributed by atoms with E-state index in [0.29, 0.717) is 15.5 Å². The van der Waals surface area contributed by atoms with E-state index in [9.17, 15) is 9.59 Å². The number of hydrogen-bond acceptors (Lipinski definition) is 5. The van der Waals surface area contributed by atoms with E-state index in [1.807, 2.05) is 55.4 Å². The standard InChI is InChI=1S/C20H19ClN2O3S/c1-23(2)14-9-7-13(8-10-14)20(25)26-12-11-22-19(24)18-17(21)15-5-3-4-6-16(15)27-18/h3-10H,11-12H2,1-2H3,(H,22,24). The molecule has 1 N–H and O–H groups in total. The van der Waals surface area contributed by atoms with Crippen LogP contribution in [0.15, 0.2) is 48.5 Å². The number of rotatable bonds is 6. The van der Waals surface area contributed by atoms with Crippen molar-refractivity contribution in [2.45, 2.75) is 0 Å². The first-order chi connectivity index (χ1) is 13.0. The van der Waals surface area contributed by atoms with Gasteiger partial charge in [0.15, 0.2) is 0 Å². The molecule has 0 spiro atoms. The molecule has 0 aliphatic rings. The largest absolute Gasteiger partial charge is 0.460 e. The third kappa shape index (κ3) is 4.40. The van der Waals surface area contributed by atoms with Crippen LogP contribution < -0.4 is 10.2 Å². The highest BCUT2D eigenvalue weighted by Crippen LogP contribution is 2.34. The highest BCUT2D eigenvalue weighted by Gasteiger charge is 2.16. The van der Waals surface area contributed by atoms with Crippen molar-refractivity contribution in [3.8, 4) is 0 Å². The lowest BCUT2D eigenvalue weighted by Gasteiger charge is -2.12. The molecule has 1 heterocycles. The number of ether oxygens (including phenoxy) is 1. The van der Waals surface area contributed by atoms with Gasteiger partial charge in [0.1, 0.15) is 11.5 Å². The summed E-state index contributed by atoms with van der Waals surface area (Å²) >= 11 is 7.63. The van der Waals surface area contributed by atoms with Gasteiger partial charge in [-0.25, -0.2) is 4.79 Å². The molecule has 0 aliphatic heterocycles. The Hall–Kier alpha value is -2.57. The summed E-state index contributed by atoms with van der Waals surface area (Å²) in [4.78, 5) is 26.8. The number of thiophene rings is 1. The zero-order valence-electron chi connectivity index (χ0n) is 15.0. The maximum atomic E-state index is 12.3. The summed E-state index contributed by atoms with van der Waals surface area (Å²) in [7, 11) is 3.86. The topological polar surface area (TPSA) is 58.6 Å². The Morgan fingerprint density at radius 1 is 1.11 bits per heavy atom. The third-order valence-corrected chi connectivity index (χ3v) is 5.66. The van der Waals surface area contributed by atoms with Crippen molar-refractivity contribution in [2.24, 2.45) is 0 Å². The molecule has 1 aromatic heterocycles. The van der Waals surface area contributed by atoms with Crippen molar-refractivity contribution in [3.63, 3.8) is 0 Å². The molecule has 0 saturated heterocycles. The normalized spacial score (nSPS) is 10.6. The van der Waals surface area contributed by atoms with Gasteiger partial charge in [0.05, 0.1) is 17.1 Å². The molecule has 5 nitrogen and oxygen atoms in total. The maximum Gasteiger partial charge on any atom is 0.338 e. The van der Waals surface area contributed by atoms with Crippen LogP contribution in [-0.4, -0.2) is 39.1 Å². The van der Waals surface area contributed by atoms with Crippen molar-refractivity contribution >= 4 is 50.6 Å². The van der Waals surface area contributed by atoms with E-state index in [-0.39, 0.29) is 19.1 Å². The van der Waals surface area contributed by atoms with Crippen LogP contribution in [-0.2, 0) is 4.74 Å². The van der Waals surface area contributed by atoms with E-state index >= 15 is 0 Å². The molecule has 7 heteroatoms. The van der Waals surface area contributed by atoms with Gasteiger partial charge in [-0.3, -0.25) is 4.79 Å².